The number of piperazine rings is 1. The molecule has 2 amide bonds. The summed E-state index contributed by atoms with van der Waals surface area (Å²) in [4.78, 5) is 29.8. The van der Waals surface area contributed by atoms with Crippen LogP contribution in [0.3, 0.4) is 0 Å². The van der Waals surface area contributed by atoms with Gasteiger partial charge in [0.2, 0.25) is 5.91 Å². The van der Waals surface area contributed by atoms with Gasteiger partial charge in [0.1, 0.15) is 0 Å². The van der Waals surface area contributed by atoms with E-state index in [-0.39, 0.29) is 11.8 Å². The van der Waals surface area contributed by atoms with E-state index in [1.807, 2.05) is 17.0 Å². The van der Waals surface area contributed by atoms with E-state index in [2.05, 4.69) is 41.4 Å². The highest BCUT2D eigenvalue weighted by Gasteiger charge is 2.24. The average molecular weight is 382 g/mol. The summed E-state index contributed by atoms with van der Waals surface area (Å²) in [5.74, 6) is 0.461. The molecule has 2 aliphatic heterocycles. The van der Waals surface area contributed by atoms with E-state index >= 15 is 0 Å². The fourth-order valence-electron chi connectivity index (χ4n) is 3.58. The molecule has 2 aliphatic rings. The summed E-state index contributed by atoms with van der Waals surface area (Å²) in [5.41, 5.74) is 3.99. The van der Waals surface area contributed by atoms with Gasteiger partial charge in [-0.15, -0.1) is 11.8 Å². The third-order valence-electron chi connectivity index (χ3n) is 5.01. The van der Waals surface area contributed by atoms with Crippen LogP contribution < -0.4 is 5.32 Å². The maximum absolute atomic E-state index is 12.9. The summed E-state index contributed by atoms with van der Waals surface area (Å²) in [5, 5.41) is 2.86. The molecular weight excluding hydrogens is 358 g/mol. The zero-order valence-corrected chi connectivity index (χ0v) is 16.2. The molecule has 0 saturated carbocycles. The third-order valence-corrected chi connectivity index (χ3v) is 6.08. The SMILES string of the molecule is Cc1cccc(CN2CCN(C(=O)c3ccc4c(c3)NC(=O)CS4)CC2)c1. The summed E-state index contributed by atoms with van der Waals surface area (Å²) < 4.78 is 0. The first-order valence-electron chi connectivity index (χ1n) is 9.22. The van der Waals surface area contributed by atoms with Crippen molar-refractivity contribution in [2.75, 3.05) is 37.2 Å². The minimum atomic E-state index is -0.0122. The van der Waals surface area contributed by atoms with Crippen LogP contribution in [0, 0.1) is 6.92 Å². The third kappa shape index (κ3) is 4.17. The van der Waals surface area contributed by atoms with Crippen LogP contribution in [-0.4, -0.2) is 53.5 Å². The number of rotatable bonds is 3. The molecule has 2 heterocycles. The van der Waals surface area contributed by atoms with Crippen LogP contribution in [0.1, 0.15) is 21.5 Å². The number of benzene rings is 2. The summed E-state index contributed by atoms with van der Waals surface area (Å²) in [6, 6.07) is 14.2. The van der Waals surface area contributed by atoms with Gasteiger partial charge in [0, 0.05) is 43.2 Å². The van der Waals surface area contributed by atoms with Gasteiger partial charge in [-0.1, -0.05) is 29.8 Å². The smallest absolute Gasteiger partial charge is 0.254 e. The molecule has 6 heteroatoms. The Kier molecular flexibility index (Phi) is 5.18. The van der Waals surface area contributed by atoms with Gasteiger partial charge in [0.25, 0.3) is 5.91 Å². The molecule has 0 radical (unpaired) electrons. The van der Waals surface area contributed by atoms with Crippen molar-refractivity contribution in [1.29, 1.82) is 0 Å². The Bertz CT molecular complexity index is 875. The topological polar surface area (TPSA) is 52.6 Å². The Hall–Kier alpha value is -2.31. The van der Waals surface area contributed by atoms with Gasteiger partial charge in [-0.2, -0.15) is 0 Å². The van der Waals surface area contributed by atoms with Gasteiger partial charge in [-0.05, 0) is 30.7 Å². The van der Waals surface area contributed by atoms with Crippen molar-refractivity contribution in [3.8, 4) is 0 Å². The van der Waals surface area contributed by atoms with Gasteiger partial charge in [0.15, 0.2) is 0 Å². The maximum atomic E-state index is 12.9. The number of carbonyl (C=O) groups excluding carboxylic acids is 2. The number of carbonyl (C=O) groups is 2. The zero-order chi connectivity index (χ0) is 18.8. The minimum absolute atomic E-state index is 0.0122. The second kappa shape index (κ2) is 7.74. The highest BCUT2D eigenvalue weighted by atomic mass is 32.2. The molecule has 2 aromatic rings. The van der Waals surface area contributed by atoms with E-state index in [0.717, 1.165) is 43.3 Å². The van der Waals surface area contributed by atoms with Crippen molar-refractivity contribution >= 4 is 29.3 Å². The molecule has 0 aliphatic carbocycles. The summed E-state index contributed by atoms with van der Waals surface area (Å²) in [6.07, 6.45) is 0. The number of amides is 2. The zero-order valence-electron chi connectivity index (χ0n) is 15.4. The first-order valence-corrected chi connectivity index (χ1v) is 10.2. The van der Waals surface area contributed by atoms with Crippen LogP contribution in [0.2, 0.25) is 0 Å². The number of aryl methyl sites for hydroxylation is 1. The van der Waals surface area contributed by atoms with Gasteiger partial charge >= 0.3 is 0 Å². The monoisotopic (exact) mass is 381 g/mol. The fraction of sp³-hybridized carbons (Fsp3) is 0.333. The largest absolute Gasteiger partial charge is 0.336 e. The Morgan fingerprint density at radius 1 is 1.11 bits per heavy atom. The average Bonchev–Trinajstić information content (AvgIpc) is 2.67. The van der Waals surface area contributed by atoms with Crippen LogP contribution in [-0.2, 0) is 11.3 Å². The number of hydrogen-bond acceptors (Lipinski definition) is 4. The summed E-state index contributed by atoms with van der Waals surface area (Å²) in [7, 11) is 0. The summed E-state index contributed by atoms with van der Waals surface area (Å²) >= 11 is 1.51. The second-order valence-corrected chi connectivity index (χ2v) is 8.12. The number of thioether (sulfide) groups is 1. The molecule has 0 atom stereocenters. The molecule has 0 unspecified atom stereocenters. The van der Waals surface area contributed by atoms with Crippen molar-refractivity contribution in [1.82, 2.24) is 9.80 Å². The molecule has 1 saturated heterocycles. The Balaban J connectivity index is 1.37. The lowest BCUT2D eigenvalue weighted by atomic mass is 10.1. The first-order chi connectivity index (χ1) is 13.1. The van der Waals surface area contributed by atoms with Crippen molar-refractivity contribution in [2.24, 2.45) is 0 Å². The van der Waals surface area contributed by atoms with Gasteiger partial charge in [0.05, 0.1) is 11.4 Å². The van der Waals surface area contributed by atoms with Crippen molar-refractivity contribution in [2.45, 2.75) is 18.4 Å². The van der Waals surface area contributed by atoms with Crippen molar-refractivity contribution < 1.29 is 9.59 Å². The van der Waals surface area contributed by atoms with Gasteiger partial charge < -0.3 is 10.2 Å². The lowest BCUT2D eigenvalue weighted by molar-refractivity contribution is -0.113. The lowest BCUT2D eigenvalue weighted by Gasteiger charge is -2.35. The van der Waals surface area contributed by atoms with Crippen molar-refractivity contribution in [3.05, 3.63) is 59.2 Å². The van der Waals surface area contributed by atoms with Crippen LogP contribution in [0.5, 0.6) is 0 Å². The Morgan fingerprint density at radius 3 is 2.70 bits per heavy atom. The molecule has 5 nitrogen and oxygen atoms in total. The van der Waals surface area contributed by atoms with Crippen LogP contribution in [0.15, 0.2) is 47.4 Å². The highest BCUT2D eigenvalue weighted by Crippen LogP contribution is 2.32. The predicted octanol–water partition coefficient (Wildman–Crippen LogP) is 3.00. The molecule has 1 fully saturated rings. The molecular formula is C21H23N3O2S. The molecule has 0 spiro atoms. The molecule has 0 bridgehead atoms. The van der Waals surface area contributed by atoms with E-state index in [0.29, 0.717) is 11.3 Å². The quantitative estimate of drug-likeness (QED) is 0.888. The molecule has 27 heavy (non-hydrogen) atoms. The van der Waals surface area contributed by atoms with E-state index in [9.17, 15) is 9.59 Å². The number of fused-ring (bicyclic) bond motifs is 1. The highest BCUT2D eigenvalue weighted by molar-refractivity contribution is 8.00. The number of anilines is 1. The second-order valence-electron chi connectivity index (χ2n) is 7.11. The molecule has 0 aromatic heterocycles. The molecule has 1 N–H and O–H groups in total. The number of nitrogens with zero attached hydrogens (tertiary/aromatic N) is 2. The van der Waals surface area contributed by atoms with E-state index in [4.69, 9.17) is 0 Å². The van der Waals surface area contributed by atoms with Crippen LogP contribution >= 0.6 is 11.8 Å². The molecule has 4 rings (SSSR count). The van der Waals surface area contributed by atoms with Gasteiger partial charge in [-0.25, -0.2) is 0 Å². The van der Waals surface area contributed by atoms with Crippen molar-refractivity contribution in [3.63, 3.8) is 0 Å². The van der Waals surface area contributed by atoms with E-state index in [1.54, 1.807) is 6.07 Å². The number of nitrogens with one attached hydrogen (secondary N) is 1. The standard InChI is InChI=1S/C21H23N3O2S/c1-15-3-2-4-16(11-15)13-23-7-9-24(10-8-23)21(26)17-5-6-19-18(12-17)22-20(25)14-27-19/h2-6,11-12H,7-10,13-14H2,1H3,(H,22,25). The number of hydrogen-bond donors (Lipinski definition) is 1. The Labute approximate surface area is 163 Å². The van der Waals surface area contributed by atoms with Crippen LogP contribution in [0.25, 0.3) is 0 Å². The maximum Gasteiger partial charge on any atom is 0.254 e. The van der Waals surface area contributed by atoms with E-state index in [1.165, 1.54) is 22.9 Å². The predicted molar refractivity (Wildman–Crippen MR) is 108 cm³/mol. The molecule has 2 aromatic carbocycles. The fourth-order valence-corrected chi connectivity index (χ4v) is 4.36. The van der Waals surface area contributed by atoms with E-state index < -0.39 is 0 Å². The first kappa shape index (κ1) is 18.1. The Morgan fingerprint density at radius 2 is 1.93 bits per heavy atom. The molecule has 140 valence electrons. The lowest BCUT2D eigenvalue weighted by Crippen LogP contribution is -2.48. The minimum Gasteiger partial charge on any atom is -0.336 e. The van der Waals surface area contributed by atoms with Gasteiger partial charge in [-0.3, -0.25) is 14.5 Å². The normalized spacial score (nSPS) is 17.4. The summed E-state index contributed by atoms with van der Waals surface area (Å²) in [6.45, 7) is 6.23. The van der Waals surface area contributed by atoms with Crippen LogP contribution in [0.4, 0.5) is 5.69 Å².